The van der Waals surface area contributed by atoms with Crippen LogP contribution >= 0.6 is 0 Å². The molecule has 4 nitrogen and oxygen atoms in total. The van der Waals surface area contributed by atoms with Gasteiger partial charge in [-0.05, 0) is 53.6 Å². The molecular weight excluding hydrogens is 413 g/mol. The van der Waals surface area contributed by atoms with Crippen molar-refractivity contribution in [2.45, 2.75) is 0 Å². The summed E-state index contributed by atoms with van der Waals surface area (Å²) in [4.78, 5) is 8.58. The Morgan fingerprint density at radius 2 is 1.52 bits per heavy atom. The molecule has 0 N–H and O–H groups in total. The van der Waals surface area contributed by atoms with Crippen LogP contribution in [0.3, 0.4) is 0 Å². The van der Waals surface area contributed by atoms with Gasteiger partial charge in [-0.25, -0.2) is 14.4 Å². The van der Waals surface area contributed by atoms with Gasteiger partial charge in [0.2, 0.25) is 5.88 Å². The van der Waals surface area contributed by atoms with Crippen LogP contribution in [0.15, 0.2) is 109 Å². The zero-order valence-corrected chi connectivity index (χ0v) is 17.5. The van der Waals surface area contributed by atoms with Crippen LogP contribution in [-0.4, -0.2) is 14.5 Å². The Morgan fingerprint density at radius 3 is 2.36 bits per heavy atom. The zero-order valence-electron chi connectivity index (χ0n) is 17.5. The molecule has 0 atom stereocenters. The standard InChI is InChI=1S/C28H18FN3O/c29-21-12-14-28(31-18-21)33-22-7-5-6-19(16-22)20-11-13-24-23-8-1-2-9-25(23)32(26(24)17-20)27-10-3-4-15-30-27/h1-18H. The third-order valence-electron chi connectivity index (χ3n) is 5.64. The van der Waals surface area contributed by atoms with Gasteiger partial charge in [0.05, 0.1) is 17.2 Å². The van der Waals surface area contributed by atoms with Crippen LogP contribution in [0, 0.1) is 5.82 Å². The van der Waals surface area contributed by atoms with Crippen molar-refractivity contribution in [1.29, 1.82) is 0 Å². The van der Waals surface area contributed by atoms with E-state index in [4.69, 9.17) is 4.74 Å². The highest BCUT2D eigenvalue weighted by Crippen LogP contribution is 2.35. The summed E-state index contributed by atoms with van der Waals surface area (Å²) in [5, 5.41) is 2.35. The van der Waals surface area contributed by atoms with E-state index in [-0.39, 0.29) is 0 Å². The normalized spacial score (nSPS) is 11.2. The average Bonchev–Trinajstić information content (AvgIpc) is 3.20. The maximum absolute atomic E-state index is 13.1. The van der Waals surface area contributed by atoms with Crippen LogP contribution < -0.4 is 4.74 Å². The Kier molecular flexibility index (Phi) is 4.58. The first-order valence-electron chi connectivity index (χ1n) is 10.6. The Balaban J connectivity index is 1.48. The smallest absolute Gasteiger partial charge is 0.219 e. The molecule has 0 spiro atoms. The molecule has 3 aromatic carbocycles. The number of hydrogen-bond acceptors (Lipinski definition) is 3. The fourth-order valence-electron chi connectivity index (χ4n) is 4.17. The molecule has 5 heteroatoms. The van der Waals surface area contributed by atoms with Crippen molar-refractivity contribution < 1.29 is 9.13 Å². The van der Waals surface area contributed by atoms with E-state index in [2.05, 4.69) is 50.9 Å². The molecule has 0 bridgehead atoms. The molecular formula is C28H18FN3O. The molecule has 158 valence electrons. The van der Waals surface area contributed by atoms with Gasteiger partial charge >= 0.3 is 0 Å². The molecule has 6 aromatic rings. The summed E-state index contributed by atoms with van der Waals surface area (Å²) in [6.07, 6.45) is 2.95. The number of nitrogens with zero attached hydrogens (tertiary/aromatic N) is 3. The minimum atomic E-state index is -0.396. The van der Waals surface area contributed by atoms with Crippen molar-refractivity contribution in [2.24, 2.45) is 0 Å². The van der Waals surface area contributed by atoms with Crippen LogP contribution in [0.25, 0.3) is 38.8 Å². The Morgan fingerprint density at radius 1 is 0.667 bits per heavy atom. The van der Waals surface area contributed by atoms with Crippen LogP contribution in [-0.2, 0) is 0 Å². The summed E-state index contributed by atoms with van der Waals surface area (Å²) in [5.74, 6) is 1.46. The molecule has 0 amide bonds. The maximum Gasteiger partial charge on any atom is 0.219 e. The largest absolute Gasteiger partial charge is 0.439 e. The Hall–Kier alpha value is -4.51. The monoisotopic (exact) mass is 431 g/mol. The highest BCUT2D eigenvalue weighted by atomic mass is 19.1. The van der Waals surface area contributed by atoms with Crippen LogP contribution in [0.1, 0.15) is 0 Å². The predicted molar refractivity (Wildman–Crippen MR) is 128 cm³/mol. The van der Waals surface area contributed by atoms with Crippen molar-refractivity contribution in [1.82, 2.24) is 14.5 Å². The maximum atomic E-state index is 13.1. The van der Waals surface area contributed by atoms with Gasteiger partial charge in [0.1, 0.15) is 17.4 Å². The second-order valence-electron chi connectivity index (χ2n) is 7.72. The highest BCUT2D eigenvalue weighted by molar-refractivity contribution is 6.10. The van der Waals surface area contributed by atoms with E-state index in [1.807, 2.05) is 54.7 Å². The molecule has 3 heterocycles. The molecule has 0 unspecified atom stereocenters. The summed E-state index contributed by atoms with van der Waals surface area (Å²) in [7, 11) is 0. The van der Waals surface area contributed by atoms with Gasteiger partial charge in [-0.15, -0.1) is 0 Å². The van der Waals surface area contributed by atoms with E-state index in [1.54, 1.807) is 0 Å². The van der Waals surface area contributed by atoms with Gasteiger partial charge in [-0.2, -0.15) is 0 Å². The van der Waals surface area contributed by atoms with Crippen molar-refractivity contribution in [3.63, 3.8) is 0 Å². The molecule has 3 aromatic heterocycles. The molecule has 0 aliphatic heterocycles. The van der Waals surface area contributed by atoms with Crippen molar-refractivity contribution in [3.05, 3.63) is 115 Å². The Labute approximate surface area is 189 Å². The lowest BCUT2D eigenvalue weighted by atomic mass is 10.0. The third-order valence-corrected chi connectivity index (χ3v) is 5.64. The topological polar surface area (TPSA) is 39.9 Å². The third kappa shape index (κ3) is 3.49. The fourth-order valence-corrected chi connectivity index (χ4v) is 4.17. The number of hydrogen-bond donors (Lipinski definition) is 0. The number of pyridine rings is 2. The van der Waals surface area contributed by atoms with Gasteiger partial charge in [-0.3, -0.25) is 4.57 Å². The number of fused-ring (bicyclic) bond motifs is 3. The molecule has 33 heavy (non-hydrogen) atoms. The number of para-hydroxylation sites is 1. The SMILES string of the molecule is Fc1ccc(Oc2cccc(-c3ccc4c5ccccc5n(-c5ccccn5)c4c3)c2)nc1. The lowest BCUT2D eigenvalue weighted by Crippen LogP contribution is -1.96. The number of aromatic nitrogens is 3. The summed E-state index contributed by atoms with van der Waals surface area (Å²) < 4.78 is 21.2. The predicted octanol–water partition coefficient (Wildman–Crippen LogP) is 7.17. The summed E-state index contributed by atoms with van der Waals surface area (Å²) in [5.41, 5.74) is 4.26. The summed E-state index contributed by atoms with van der Waals surface area (Å²) in [6, 6.07) is 31.4. The van der Waals surface area contributed by atoms with Crippen molar-refractivity contribution in [2.75, 3.05) is 0 Å². The molecule has 0 aliphatic carbocycles. The van der Waals surface area contributed by atoms with Crippen LogP contribution in [0.4, 0.5) is 4.39 Å². The Bertz CT molecular complexity index is 1590. The number of halogens is 1. The van der Waals surface area contributed by atoms with E-state index < -0.39 is 5.82 Å². The van der Waals surface area contributed by atoms with E-state index >= 15 is 0 Å². The van der Waals surface area contributed by atoms with Gasteiger partial charge < -0.3 is 4.74 Å². The minimum absolute atomic E-state index is 0.347. The lowest BCUT2D eigenvalue weighted by Gasteiger charge is -2.09. The van der Waals surface area contributed by atoms with Crippen molar-refractivity contribution >= 4 is 21.8 Å². The van der Waals surface area contributed by atoms with Crippen molar-refractivity contribution in [3.8, 4) is 28.6 Å². The van der Waals surface area contributed by atoms with E-state index in [1.165, 1.54) is 22.9 Å². The highest BCUT2D eigenvalue weighted by Gasteiger charge is 2.14. The molecule has 0 saturated carbocycles. The van der Waals surface area contributed by atoms with Gasteiger partial charge in [0, 0.05) is 23.0 Å². The lowest BCUT2D eigenvalue weighted by molar-refractivity contribution is 0.459. The minimum Gasteiger partial charge on any atom is -0.439 e. The summed E-state index contributed by atoms with van der Waals surface area (Å²) >= 11 is 0. The molecule has 0 saturated heterocycles. The molecule has 0 aliphatic rings. The first kappa shape index (κ1) is 19.2. The van der Waals surface area contributed by atoms with Gasteiger partial charge in [-0.1, -0.05) is 48.5 Å². The van der Waals surface area contributed by atoms with E-state index in [9.17, 15) is 4.39 Å². The second kappa shape index (κ2) is 7.88. The zero-order chi connectivity index (χ0) is 22.2. The van der Waals surface area contributed by atoms with E-state index in [0.29, 0.717) is 11.6 Å². The van der Waals surface area contributed by atoms with E-state index in [0.717, 1.165) is 34.2 Å². The molecule has 6 rings (SSSR count). The fraction of sp³-hybridized carbons (Fsp3) is 0. The van der Waals surface area contributed by atoms with Gasteiger partial charge in [0.25, 0.3) is 0 Å². The number of rotatable bonds is 4. The van der Waals surface area contributed by atoms with Crippen LogP contribution in [0.5, 0.6) is 11.6 Å². The first-order chi connectivity index (χ1) is 16.3. The quantitative estimate of drug-likeness (QED) is 0.297. The number of benzene rings is 3. The molecule has 0 fully saturated rings. The first-order valence-corrected chi connectivity index (χ1v) is 10.6. The van der Waals surface area contributed by atoms with Crippen LogP contribution in [0.2, 0.25) is 0 Å². The second-order valence-corrected chi connectivity index (χ2v) is 7.72. The van der Waals surface area contributed by atoms with Gasteiger partial charge in [0.15, 0.2) is 0 Å². The average molecular weight is 431 g/mol. The molecule has 0 radical (unpaired) electrons. The number of ether oxygens (including phenoxy) is 1. The summed E-state index contributed by atoms with van der Waals surface area (Å²) in [6.45, 7) is 0.